The highest BCUT2D eigenvalue weighted by molar-refractivity contribution is 5.80. The maximum absolute atomic E-state index is 14.6. The van der Waals surface area contributed by atoms with Crippen molar-refractivity contribution in [1.82, 2.24) is 24.7 Å². The molecule has 0 aliphatic carbocycles. The lowest BCUT2D eigenvalue weighted by molar-refractivity contribution is -0.140. The fourth-order valence-electron chi connectivity index (χ4n) is 6.42. The standard InChI is InChI=1S/C38H45F4N5O4/c1-4-51-29-13-11-28(12-14-29)47-36(44-33-9-6-5-8-30(33)37(47)49)34(16-19-43-27-17-22-50-23-18-27)46(21-7-20-45(2)3)35(48)25-26-10-15-31(32(39)24-26)38(40,41)42/h5-6,8-15,24,27,34,43H,4,7,16-23,25H2,1-3H3. The van der Waals surface area contributed by atoms with Gasteiger partial charge in [-0.3, -0.25) is 14.2 Å². The molecule has 1 atom stereocenters. The number of aromatic nitrogens is 2. The lowest BCUT2D eigenvalue weighted by Gasteiger charge is -2.34. The van der Waals surface area contributed by atoms with Crippen molar-refractivity contribution in [2.24, 2.45) is 0 Å². The predicted molar refractivity (Wildman–Crippen MR) is 188 cm³/mol. The van der Waals surface area contributed by atoms with Gasteiger partial charge in [0, 0.05) is 25.8 Å². The van der Waals surface area contributed by atoms with E-state index in [0.717, 1.165) is 25.0 Å². The van der Waals surface area contributed by atoms with Gasteiger partial charge in [0.1, 0.15) is 17.4 Å². The van der Waals surface area contributed by atoms with Crippen molar-refractivity contribution < 1.29 is 31.8 Å². The molecular formula is C38H45F4N5O4. The number of ether oxygens (including phenoxy) is 2. The molecule has 1 fully saturated rings. The molecule has 3 aromatic carbocycles. The maximum Gasteiger partial charge on any atom is 0.419 e. The van der Waals surface area contributed by atoms with Gasteiger partial charge >= 0.3 is 6.18 Å². The average Bonchev–Trinajstić information content (AvgIpc) is 3.09. The summed E-state index contributed by atoms with van der Waals surface area (Å²) < 4.78 is 67.3. The Labute approximate surface area is 295 Å². The zero-order valence-electron chi connectivity index (χ0n) is 29.2. The third kappa shape index (κ3) is 9.72. The number of hydrogen-bond donors (Lipinski definition) is 1. The minimum Gasteiger partial charge on any atom is -0.494 e. The van der Waals surface area contributed by atoms with E-state index in [4.69, 9.17) is 14.5 Å². The Morgan fingerprint density at radius 3 is 2.45 bits per heavy atom. The van der Waals surface area contributed by atoms with Crippen LogP contribution in [0.3, 0.4) is 0 Å². The Morgan fingerprint density at radius 1 is 1.06 bits per heavy atom. The Bertz CT molecular complexity index is 1820. The molecule has 13 heteroatoms. The molecule has 0 bridgehead atoms. The van der Waals surface area contributed by atoms with Crippen molar-refractivity contribution in [3.05, 3.63) is 99.9 Å². The van der Waals surface area contributed by atoms with E-state index in [1.54, 1.807) is 53.4 Å². The molecule has 5 rings (SSSR count). The first kappa shape index (κ1) is 37.9. The molecule has 0 saturated carbocycles. The highest BCUT2D eigenvalue weighted by Gasteiger charge is 2.35. The molecule has 274 valence electrons. The fraction of sp³-hybridized carbons (Fsp3) is 0.447. The van der Waals surface area contributed by atoms with Crippen LogP contribution in [0, 0.1) is 5.82 Å². The average molecular weight is 712 g/mol. The van der Waals surface area contributed by atoms with Gasteiger partial charge in [-0.05, 0) is 114 Å². The Hall–Kier alpha value is -4.33. The Balaban J connectivity index is 1.61. The second-order valence-electron chi connectivity index (χ2n) is 12.9. The zero-order chi connectivity index (χ0) is 36.5. The fourth-order valence-corrected chi connectivity index (χ4v) is 6.42. The zero-order valence-corrected chi connectivity index (χ0v) is 29.2. The molecule has 9 nitrogen and oxygen atoms in total. The summed E-state index contributed by atoms with van der Waals surface area (Å²) in [4.78, 5) is 37.4. The van der Waals surface area contributed by atoms with Crippen LogP contribution in [0.1, 0.15) is 55.6 Å². The summed E-state index contributed by atoms with van der Waals surface area (Å²) in [5.74, 6) is -0.895. The number of benzene rings is 3. The van der Waals surface area contributed by atoms with Gasteiger partial charge < -0.3 is 24.6 Å². The van der Waals surface area contributed by atoms with Gasteiger partial charge in [0.15, 0.2) is 0 Å². The number of nitrogens with zero attached hydrogens (tertiary/aromatic N) is 4. The van der Waals surface area contributed by atoms with E-state index in [9.17, 15) is 27.2 Å². The van der Waals surface area contributed by atoms with Crippen molar-refractivity contribution in [1.29, 1.82) is 0 Å². The lowest BCUT2D eigenvalue weighted by Crippen LogP contribution is -2.43. The van der Waals surface area contributed by atoms with E-state index >= 15 is 0 Å². The highest BCUT2D eigenvalue weighted by Crippen LogP contribution is 2.32. The normalized spacial score (nSPS) is 14.6. The van der Waals surface area contributed by atoms with Crippen molar-refractivity contribution in [3.8, 4) is 11.4 Å². The number of para-hydroxylation sites is 1. The summed E-state index contributed by atoms with van der Waals surface area (Å²) in [7, 11) is 3.84. The van der Waals surface area contributed by atoms with Gasteiger partial charge in [-0.15, -0.1) is 0 Å². The van der Waals surface area contributed by atoms with Crippen molar-refractivity contribution >= 4 is 16.8 Å². The van der Waals surface area contributed by atoms with Gasteiger partial charge in [0.2, 0.25) is 5.91 Å². The van der Waals surface area contributed by atoms with E-state index in [1.807, 2.05) is 25.9 Å². The van der Waals surface area contributed by atoms with Crippen LogP contribution >= 0.6 is 0 Å². The minimum atomic E-state index is -4.86. The minimum absolute atomic E-state index is 0.109. The smallest absolute Gasteiger partial charge is 0.419 e. The van der Waals surface area contributed by atoms with E-state index in [2.05, 4.69) is 5.32 Å². The number of hydrogen-bond acceptors (Lipinski definition) is 7. The number of fused-ring (bicyclic) bond motifs is 1. The number of carbonyl (C=O) groups excluding carboxylic acids is 1. The van der Waals surface area contributed by atoms with Crippen LogP contribution in [0.5, 0.6) is 5.75 Å². The van der Waals surface area contributed by atoms with Crippen LogP contribution in [0.2, 0.25) is 0 Å². The topological polar surface area (TPSA) is 88.9 Å². The van der Waals surface area contributed by atoms with Crippen LogP contribution < -0.4 is 15.6 Å². The molecule has 1 saturated heterocycles. The molecule has 1 aliphatic heterocycles. The second-order valence-corrected chi connectivity index (χ2v) is 12.9. The first-order valence-electron chi connectivity index (χ1n) is 17.3. The van der Waals surface area contributed by atoms with Crippen LogP contribution in [0.15, 0.2) is 71.5 Å². The number of carbonyl (C=O) groups is 1. The molecule has 1 aromatic heterocycles. The maximum atomic E-state index is 14.6. The van der Waals surface area contributed by atoms with Crippen LogP contribution in [0.25, 0.3) is 16.6 Å². The summed E-state index contributed by atoms with van der Waals surface area (Å²) in [6.45, 7) is 5.01. The van der Waals surface area contributed by atoms with Crippen molar-refractivity contribution in [3.63, 3.8) is 0 Å². The molecule has 1 N–H and O–H groups in total. The van der Waals surface area contributed by atoms with Crippen molar-refractivity contribution in [2.45, 2.75) is 57.3 Å². The van der Waals surface area contributed by atoms with Gasteiger partial charge in [0.25, 0.3) is 5.56 Å². The third-order valence-corrected chi connectivity index (χ3v) is 8.97. The Kier molecular flexibility index (Phi) is 12.8. The predicted octanol–water partition coefficient (Wildman–Crippen LogP) is 6.17. The molecule has 1 amide bonds. The van der Waals surface area contributed by atoms with Gasteiger partial charge in [0.05, 0.1) is 41.2 Å². The summed E-state index contributed by atoms with van der Waals surface area (Å²) in [6.07, 6.45) is -2.61. The van der Waals surface area contributed by atoms with Gasteiger partial charge in [-0.2, -0.15) is 13.2 Å². The summed E-state index contributed by atoms with van der Waals surface area (Å²) in [5, 5.41) is 3.99. The second kappa shape index (κ2) is 17.3. The third-order valence-electron chi connectivity index (χ3n) is 8.97. The van der Waals surface area contributed by atoms with E-state index in [1.165, 1.54) is 4.57 Å². The number of nitrogens with one attached hydrogen (secondary N) is 1. The number of rotatable bonds is 15. The van der Waals surface area contributed by atoms with Crippen LogP contribution in [-0.2, 0) is 22.1 Å². The lowest BCUT2D eigenvalue weighted by atomic mass is 10.0. The number of halogens is 4. The SMILES string of the molecule is CCOc1ccc(-n2c(C(CCNC3CCOCC3)N(CCCN(C)C)C(=O)Cc3ccc(C(F)(F)F)c(F)c3)nc3ccccc3c2=O)cc1. The molecule has 51 heavy (non-hydrogen) atoms. The van der Waals surface area contributed by atoms with Crippen molar-refractivity contribution in [2.75, 3.05) is 53.6 Å². The molecule has 2 heterocycles. The molecule has 0 radical (unpaired) electrons. The summed E-state index contributed by atoms with van der Waals surface area (Å²) in [6, 6.07) is 16.1. The first-order chi connectivity index (χ1) is 24.5. The Morgan fingerprint density at radius 2 is 1.78 bits per heavy atom. The number of amides is 1. The first-order valence-corrected chi connectivity index (χ1v) is 17.3. The summed E-state index contributed by atoms with van der Waals surface area (Å²) >= 11 is 0. The van der Waals surface area contributed by atoms with Gasteiger partial charge in [-0.1, -0.05) is 18.2 Å². The summed E-state index contributed by atoms with van der Waals surface area (Å²) in [5.41, 5.74) is -0.597. The quantitative estimate of drug-likeness (QED) is 0.148. The number of alkyl halides is 3. The van der Waals surface area contributed by atoms with Gasteiger partial charge in [-0.25, -0.2) is 9.37 Å². The van der Waals surface area contributed by atoms with Crippen LogP contribution in [0.4, 0.5) is 17.6 Å². The largest absolute Gasteiger partial charge is 0.494 e. The highest BCUT2D eigenvalue weighted by atomic mass is 19.4. The van der Waals surface area contributed by atoms with Crippen LogP contribution in [-0.4, -0.2) is 84.9 Å². The molecule has 1 unspecified atom stereocenters. The monoisotopic (exact) mass is 711 g/mol. The molecule has 4 aromatic rings. The molecule has 1 aliphatic rings. The van der Waals surface area contributed by atoms with E-state index < -0.39 is 29.5 Å². The van der Waals surface area contributed by atoms with E-state index in [0.29, 0.717) is 80.0 Å². The van der Waals surface area contributed by atoms with E-state index in [-0.39, 0.29) is 30.1 Å². The molecule has 0 spiro atoms. The molecular weight excluding hydrogens is 666 g/mol.